The number of hydrogen-bond donors (Lipinski definition) is 1. The SMILES string of the molecule is COc1ccc(-c2n[nH]c(=S)n2-c2ccccc2C(F)(F)F)cc1. The second-order valence-electron chi connectivity index (χ2n) is 4.93. The van der Waals surface area contributed by atoms with Gasteiger partial charge in [-0.15, -0.1) is 0 Å². The molecule has 0 bridgehead atoms. The van der Waals surface area contributed by atoms with Crippen LogP contribution in [0, 0.1) is 4.77 Å². The van der Waals surface area contributed by atoms with Crippen molar-refractivity contribution in [2.24, 2.45) is 0 Å². The Morgan fingerprint density at radius 3 is 2.38 bits per heavy atom. The number of halogens is 3. The number of para-hydroxylation sites is 1. The minimum absolute atomic E-state index is 0.0745. The lowest BCUT2D eigenvalue weighted by atomic mass is 10.1. The van der Waals surface area contributed by atoms with Gasteiger partial charge in [0, 0.05) is 5.56 Å². The summed E-state index contributed by atoms with van der Waals surface area (Å²) in [6.07, 6.45) is -4.50. The van der Waals surface area contributed by atoms with Gasteiger partial charge in [0.1, 0.15) is 5.75 Å². The molecule has 0 saturated carbocycles. The van der Waals surface area contributed by atoms with Gasteiger partial charge in [-0.25, -0.2) is 0 Å². The number of ether oxygens (including phenoxy) is 1. The Morgan fingerprint density at radius 1 is 1.08 bits per heavy atom. The molecular formula is C16H12F3N3OS. The van der Waals surface area contributed by atoms with Crippen molar-refractivity contribution in [3.05, 3.63) is 58.9 Å². The lowest BCUT2D eigenvalue weighted by Crippen LogP contribution is -2.11. The van der Waals surface area contributed by atoms with Crippen molar-refractivity contribution in [2.45, 2.75) is 6.18 Å². The molecule has 3 aromatic rings. The van der Waals surface area contributed by atoms with Crippen molar-refractivity contribution in [3.8, 4) is 22.8 Å². The monoisotopic (exact) mass is 351 g/mol. The van der Waals surface area contributed by atoms with Crippen LogP contribution in [0.25, 0.3) is 17.1 Å². The number of rotatable bonds is 3. The molecule has 1 heterocycles. The van der Waals surface area contributed by atoms with E-state index < -0.39 is 11.7 Å². The van der Waals surface area contributed by atoms with Crippen LogP contribution in [0.15, 0.2) is 48.5 Å². The number of hydrogen-bond acceptors (Lipinski definition) is 3. The predicted octanol–water partition coefficient (Wildman–Crippen LogP) is 4.62. The van der Waals surface area contributed by atoms with Crippen LogP contribution in [0.4, 0.5) is 13.2 Å². The maximum absolute atomic E-state index is 13.3. The molecule has 0 atom stereocenters. The van der Waals surface area contributed by atoms with Gasteiger partial charge in [0.05, 0.1) is 18.4 Å². The zero-order chi connectivity index (χ0) is 17.3. The molecule has 1 N–H and O–H groups in total. The molecule has 8 heteroatoms. The zero-order valence-electron chi connectivity index (χ0n) is 12.5. The summed E-state index contributed by atoms with van der Waals surface area (Å²) < 4.78 is 46.4. The van der Waals surface area contributed by atoms with Gasteiger partial charge < -0.3 is 4.74 Å². The first-order valence-electron chi connectivity index (χ1n) is 6.90. The van der Waals surface area contributed by atoms with Gasteiger partial charge in [0.25, 0.3) is 0 Å². The molecule has 1 aromatic heterocycles. The largest absolute Gasteiger partial charge is 0.497 e. The van der Waals surface area contributed by atoms with Crippen molar-refractivity contribution in [1.82, 2.24) is 14.8 Å². The van der Waals surface area contributed by atoms with Gasteiger partial charge in [-0.1, -0.05) is 12.1 Å². The van der Waals surface area contributed by atoms with E-state index in [4.69, 9.17) is 17.0 Å². The van der Waals surface area contributed by atoms with Gasteiger partial charge in [-0.2, -0.15) is 18.3 Å². The maximum atomic E-state index is 13.3. The molecule has 0 unspecified atom stereocenters. The summed E-state index contributed by atoms with van der Waals surface area (Å²) in [4.78, 5) is 0. The van der Waals surface area contributed by atoms with Gasteiger partial charge in [0.2, 0.25) is 0 Å². The molecule has 2 aromatic carbocycles. The van der Waals surface area contributed by atoms with Crippen LogP contribution in [0.5, 0.6) is 5.75 Å². The minimum atomic E-state index is -4.50. The number of benzene rings is 2. The summed E-state index contributed by atoms with van der Waals surface area (Å²) in [6, 6.07) is 12.1. The zero-order valence-corrected chi connectivity index (χ0v) is 13.3. The van der Waals surface area contributed by atoms with E-state index in [2.05, 4.69) is 10.2 Å². The maximum Gasteiger partial charge on any atom is 0.418 e. The normalized spacial score (nSPS) is 11.5. The minimum Gasteiger partial charge on any atom is -0.497 e. The molecule has 0 saturated heterocycles. The molecule has 0 radical (unpaired) electrons. The van der Waals surface area contributed by atoms with E-state index >= 15 is 0 Å². The van der Waals surface area contributed by atoms with Crippen LogP contribution in [0.1, 0.15) is 5.56 Å². The fourth-order valence-electron chi connectivity index (χ4n) is 2.36. The summed E-state index contributed by atoms with van der Waals surface area (Å²) in [7, 11) is 1.53. The van der Waals surface area contributed by atoms with E-state index in [1.54, 1.807) is 24.3 Å². The molecule has 0 aliphatic carbocycles. The third-order valence-corrected chi connectivity index (χ3v) is 3.74. The molecule has 124 valence electrons. The molecule has 0 amide bonds. The van der Waals surface area contributed by atoms with Crippen LogP contribution >= 0.6 is 12.2 Å². The molecule has 4 nitrogen and oxygen atoms in total. The molecule has 0 fully saturated rings. The lowest BCUT2D eigenvalue weighted by molar-refractivity contribution is -0.137. The summed E-state index contributed by atoms with van der Waals surface area (Å²) >= 11 is 5.14. The quantitative estimate of drug-likeness (QED) is 0.700. The van der Waals surface area contributed by atoms with Crippen LogP contribution in [-0.2, 0) is 6.18 Å². The number of nitrogens with zero attached hydrogens (tertiary/aromatic N) is 2. The van der Waals surface area contributed by atoms with Crippen molar-refractivity contribution in [3.63, 3.8) is 0 Å². The molecule has 0 spiro atoms. The number of H-pyrrole nitrogens is 1. The number of alkyl halides is 3. The summed E-state index contributed by atoms with van der Waals surface area (Å²) in [5.74, 6) is 0.925. The van der Waals surface area contributed by atoms with Crippen molar-refractivity contribution in [2.75, 3.05) is 7.11 Å². The highest BCUT2D eigenvalue weighted by atomic mass is 32.1. The fraction of sp³-hybridized carbons (Fsp3) is 0.125. The summed E-state index contributed by atoms with van der Waals surface area (Å²) in [5, 5.41) is 6.64. The van der Waals surface area contributed by atoms with E-state index in [9.17, 15) is 13.2 Å². The first-order chi connectivity index (χ1) is 11.4. The molecule has 0 aliphatic heterocycles. The van der Waals surface area contributed by atoms with Crippen molar-refractivity contribution < 1.29 is 17.9 Å². The molecule has 3 rings (SSSR count). The third-order valence-electron chi connectivity index (χ3n) is 3.47. The van der Waals surface area contributed by atoms with Gasteiger partial charge >= 0.3 is 6.18 Å². The second kappa shape index (κ2) is 6.12. The van der Waals surface area contributed by atoms with Crippen molar-refractivity contribution >= 4 is 12.2 Å². The van der Waals surface area contributed by atoms with E-state index in [1.807, 2.05) is 0 Å². The van der Waals surface area contributed by atoms with Crippen LogP contribution < -0.4 is 4.74 Å². The Morgan fingerprint density at radius 2 is 1.75 bits per heavy atom. The standard InChI is InChI=1S/C16H12F3N3OS/c1-23-11-8-6-10(7-9-11)14-20-21-15(24)22(14)13-5-3-2-4-12(13)16(17,18)19/h2-9H,1H3,(H,21,24). The van der Waals surface area contributed by atoms with E-state index in [0.29, 0.717) is 17.1 Å². The Bertz CT molecular complexity index is 913. The average molecular weight is 351 g/mol. The second-order valence-corrected chi connectivity index (χ2v) is 5.32. The Kier molecular flexibility index (Phi) is 4.15. The number of aromatic nitrogens is 3. The van der Waals surface area contributed by atoms with Crippen molar-refractivity contribution in [1.29, 1.82) is 0 Å². The topological polar surface area (TPSA) is 42.8 Å². The smallest absolute Gasteiger partial charge is 0.418 e. The molecular weight excluding hydrogens is 339 g/mol. The third kappa shape index (κ3) is 2.92. The molecule has 24 heavy (non-hydrogen) atoms. The number of nitrogens with one attached hydrogen (secondary N) is 1. The van der Waals surface area contributed by atoms with E-state index in [-0.39, 0.29) is 10.5 Å². The highest BCUT2D eigenvalue weighted by molar-refractivity contribution is 7.71. The lowest BCUT2D eigenvalue weighted by Gasteiger charge is -2.14. The first-order valence-corrected chi connectivity index (χ1v) is 7.31. The highest BCUT2D eigenvalue weighted by Crippen LogP contribution is 2.35. The number of methoxy groups -OCH3 is 1. The number of aromatic amines is 1. The Hall–Kier alpha value is -2.61. The first kappa shape index (κ1) is 16.3. The average Bonchev–Trinajstić information content (AvgIpc) is 2.95. The summed E-state index contributed by atoms with van der Waals surface area (Å²) in [5.41, 5.74) is -0.244. The Balaban J connectivity index is 2.21. The van der Waals surface area contributed by atoms with Gasteiger partial charge in [-0.3, -0.25) is 9.67 Å². The van der Waals surface area contributed by atoms with E-state index in [1.165, 1.54) is 29.9 Å². The fourth-order valence-corrected chi connectivity index (χ4v) is 2.59. The van der Waals surface area contributed by atoms with E-state index in [0.717, 1.165) is 6.07 Å². The van der Waals surface area contributed by atoms with Gasteiger partial charge in [-0.05, 0) is 48.6 Å². The Labute approximate surface area is 140 Å². The van der Waals surface area contributed by atoms with Crippen LogP contribution in [-0.4, -0.2) is 21.9 Å². The van der Waals surface area contributed by atoms with Gasteiger partial charge in [0.15, 0.2) is 10.6 Å². The predicted molar refractivity (Wildman–Crippen MR) is 85.7 cm³/mol. The summed E-state index contributed by atoms with van der Waals surface area (Å²) in [6.45, 7) is 0. The highest BCUT2D eigenvalue weighted by Gasteiger charge is 2.34. The molecule has 0 aliphatic rings. The van der Waals surface area contributed by atoms with Crippen LogP contribution in [0.2, 0.25) is 0 Å². The van der Waals surface area contributed by atoms with Crippen LogP contribution in [0.3, 0.4) is 0 Å².